The van der Waals surface area contributed by atoms with Crippen LogP contribution in [0.5, 0.6) is 0 Å². The van der Waals surface area contributed by atoms with Crippen molar-refractivity contribution in [3.05, 3.63) is 72.4 Å². The first-order valence-corrected chi connectivity index (χ1v) is 7.23. The number of halogens is 3. The summed E-state index contributed by atoms with van der Waals surface area (Å²) < 4.78 is 13.0. The number of hydrogen-bond acceptors (Lipinski definition) is 5. The maximum absolute atomic E-state index is 13.0. The molecule has 5 nitrogen and oxygen atoms in total. The molecule has 1 aromatic carbocycles. The molecule has 0 spiro atoms. The third-order valence-electron chi connectivity index (χ3n) is 3.30. The fourth-order valence-corrected chi connectivity index (χ4v) is 2.14. The molecule has 0 aliphatic rings. The zero-order chi connectivity index (χ0) is 16.1. The minimum atomic E-state index is -0.241. The first-order chi connectivity index (χ1) is 11.2. The van der Waals surface area contributed by atoms with Gasteiger partial charge in [0.2, 0.25) is 0 Å². The fourth-order valence-electron chi connectivity index (χ4n) is 2.14. The van der Waals surface area contributed by atoms with Crippen LogP contribution in [0.15, 0.2) is 61.1 Å². The standard InChI is InChI=1S/C17H16FN5.2ClH/c1-12(13-5-7-14(18)8-6-13)21-15-3-2-4-16(22-15)23-17-11-19-9-10-20-17;;/h2-12H,1H3,(H2,20,21,22,23);2*1H. The summed E-state index contributed by atoms with van der Waals surface area (Å²) in [4.78, 5) is 12.6. The van der Waals surface area contributed by atoms with Gasteiger partial charge in [-0.3, -0.25) is 4.98 Å². The van der Waals surface area contributed by atoms with Crippen LogP contribution in [0.4, 0.5) is 21.8 Å². The Labute approximate surface area is 158 Å². The molecule has 0 amide bonds. The molecule has 132 valence electrons. The topological polar surface area (TPSA) is 62.7 Å². The Morgan fingerprint density at radius 3 is 2.32 bits per heavy atom. The number of hydrogen-bond donors (Lipinski definition) is 2. The molecule has 2 heterocycles. The van der Waals surface area contributed by atoms with E-state index in [1.165, 1.54) is 12.1 Å². The largest absolute Gasteiger partial charge is 0.363 e. The SMILES string of the molecule is CC(Nc1cccc(Nc2cnccn2)n1)c1ccc(F)cc1.Cl.Cl. The first-order valence-electron chi connectivity index (χ1n) is 7.23. The molecule has 3 aromatic rings. The average Bonchev–Trinajstić information content (AvgIpc) is 2.57. The van der Waals surface area contributed by atoms with Crippen molar-refractivity contribution in [2.45, 2.75) is 13.0 Å². The van der Waals surface area contributed by atoms with Crippen molar-refractivity contribution in [3.63, 3.8) is 0 Å². The van der Waals surface area contributed by atoms with Crippen LogP contribution in [0.2, 0.25) is 0 Å². The first kappa shape index (κ1) is 20.6. The van der Waals surface area contributed by atoms with Crippen molar-refractivity contribution in [2.24, 2.45) is 0 Å². The zero-order valence-electron chi connectivity index (χ0n) is 13.4. The summed E-state index contributed by atoms with van der Waals surface area (Å²) in [5, 5.41) is 6.38. The van der Waals surface area contributed by atoms with Crippen molar-refractivity contribution in [1.29, 1.82) is 0 Å². The molecule has 2 N–H and O–H groups in total. The molecule has 1 atom stereocenters. The average molecular weight is 382 g/mol. The lowest BCUT2D eigenvalue weighted by atomic mass is 10.1. The lowest BCUT2D eigenvalue weighted by Crippen LogP contribution is -2.08. The number of nitrogens with one attached hydrogen (secondary N) is 2. The second kappa shape index (κ2) is 9.76. The normalized spacial score (nSPS) is 10.8. The van der Waals surface area contributed by atoms with Gasteiger partial charge in [0.1, 0.15) is 23.3 Å². The Bertz CT molecular complexity index is 772. The van der Waals surface area contributed by atoms with E-state index < -0.39 is 0 Å². The molecule has 0 saturated carbocycles. The van der Waals surface area contributed by atoms with E-state index in [0.717, 1.165) is 11.4 Å². The third-order valence-corrected chi connectivity index (χ3v) is 3.30. The molecule has 0 saturated heterocycles. The maximum Gasteiger partial charge on any atom is 0.150 e. The third kappa shape index (κ3) is 5.85. The van der Waals surface area contributed by atoms with Gasteiger partial charge < -0.3 is 10.6 Å². The van der Waals surface area contributed by atoms with Gasteiger partial charge in [-0.25, -0.2) is 14.4 Å². The zero-order valence-corrected chi connectivity index (χ0v) is 15.0. The smallest absolute Gasteiger partial charge is 0.150 e. The van der Waals surface area contributed by atoms with E-state index in [1.54, 1.807) is 30.7 Å². The van der Waals surface area contributed by atoms with Gasteiger partial charge in [0.15, 0.2) is 0 Å². The van der Waals surface area contributed by atoms with E-state index in [1.807, 2.05) is 25.1 Å². The number of benzene rings is 1. The predicted octanol–water partition coefficient (Wildman–Crippen LogP) is 4.77. The van der Waals surface area contributed by atoms with Gasteiger partial charge in [0.25, 0.3) is 0 Å². The van der Waals surface area contributed by atoms with Gasteiger partial charge in [0.05, 0.1) is 6.20 Å². The van der Waals surface area contributed by atoms with E-state index in [9.17, 15) is 4.39 Å². The van der Waals surface area contributed by atoms with E-state index >= 15 is 0 Å². The highest BCUT2D eigenvalue weighted by Gasteiger charge is 2.07. The van der Waals surface area contributed by atoms with Gasteiger partial charge in [-0.2, -0.15) is 0 Å². The summed E-state index contributed by atoms with van der Waals surface area (Å²) in [6, 6.07) is 12.0. The van der Waals surface area contributed by atoms with Crippen LogP contribution in [-0.4, -0.2) is 15.0 Å². The molecule has 0 aliphatic heterocycles. The molecule has 25 heavy (non-hydrogen) atoms. The Morgan fingerprint density at radius 1 is 0.920 bits per heavy atom. The second-order valence-corrected chi connectivity index (χ2v) is 5.04. The lowest BCUT2D eigenvalue weighted by Gasteiger charge is -2.15. The Kier molecular flexibility index (Phi) is 8.04. The quantitative estimate of drug-likeness (QED) is 0.666. The van der Waals surface area contributed by atoms with Crippen LogP contribution in [0, 0.1) is 5.82 Å². The molecule has 0 aliphatic carbocycles. The van der Waals surface area contributed by atoms with Crippen molar-refractivity contribution < 1.29 is 4.39 Å². The van der Waals surface area contributed by atoms with Crippen LogP contribution in [-0.2, 0) is 0 Å². The maximum atomic E-state index is 13.0. The monoisotopic (exact) mass is 381 g/mol. The summed E-state index contributed by atoms with van der Waals surface area (Å²) in [7, 11) is 0. The van der Waals surface area contributed by atoms with Gasteiger partial charge in [-0.15, -0.1) is 24.8 Å². The summed E-state index contributed by atoms with van der Waals surface area (Å²) in [5.41, 5.74) is 0.987. The highest BCUT2D eigenvalue weighted by atomic mass is 35.5. The molecule has 0 bridgehead atoms. The van der Waals surface area contributed by atoms with Gasteiger partial charge in [0, 0.05) is 18.4 Å². The van der Waals surface area contributed by atoms with Crippen LogP contribution < -0.4 is 10.6 Å². The molecule has 0 radical (unpaired) electrons. The number of rotatable bonds is 5. The molecular weight excluding hydrogens is 364 g/mol. The van der Waals surface area contributed by atoms with E-state index in [4.69, 9.17) is 0 Å². The summed E-state index contributed by atoms with van der Waals surface area (Å²) >= 11 is 0. The minimum Gasteiger partial charge on any atom is -0.363 e. The van der Waals surface area contributed by atoms with Crippen molar-refractivity contribution in [2.75, 3.05) is 10.6 Å². The van der Waals surface area contributed by atoms with E-state index in [-0.39, 0.29) is 36.7 Å². The Balaban J connectivity index is 0.00000156. The Hall–Kier alpha value is -2.44. The number of nitrogens with zero attached hydrogens (tertiary/aromatic N) is 3. The molecule has 2 aromatic heterocycles. The molecule has 1 unspecified atom stereocenters. The minimum absolute atomic E-state index is 0. The highest BCUT2D eigenvalue weighted by Crippen LogP contribution is 2.20. The van der Waals surface area contributed by atoms with Gasteiger partial charge >= 0.3 is 0 Å². The number of aromatic nitrogens is 3. The highest BCUT2D eigenvalue weighted by molar-refractivity contribution is 5.85. The number of pyridine rings is 1. The number of anilines is 3. The summed E-state index contributed by atoms with van der Waals surface area (Å²) in [6.07, 6.45) is 4.85. The van der Waals surface area contributed by atoms with Crippen LogP contribution in [0.3, 0.4) is 0 Å². The van der Waals surface area contributed by atoms with Crippen molar-refractivity contribution in [3.8, 4) is 0 Å². The lowest BCUT2D eigenvalue weighted by molar-refractivity contribution is 0.626. The van der Waals surface area contributed by atoms with Crippen LogP contribution >= 0.6 is 24.8 Å². The molecule has 0 fully saturated rings. The molecular formula is C17H18Cl2FN5. The van der Waals surface area contributed by atoms with Crippen molar-refractivity contribution in [1.82, 2.24) is 15.0 Å². The Morgan fingerprint density at radius 2 is 1.64 bits per heavy atom. The van der Waals surface area contributed by atoms with E-state index in [0.29, 0.717) is 11.6 Å². The second-order valence-electron chi connectivity index (χ2n) is 5.04. The van der Waals surface area contributed by atoms with Gasteiger partial charge in [-0.1, -0.05) is 18.2 Å². The summed E-state index contributed by atoms with van der Waals surface area (Å²) in [5.74, 6) is 1.77. The van der Waals surface area contributed by atoms with Gasteiger partial charge in [-0.05, 0) is 36.8 Å². The van der Waals surface area contributed by atoms with Crippen LogP contribution in [0.1, 0.15) is 18.5 Å². The van der Waals surface area contributed by atoms with E-state index in [2.05, 4.69) is 25.6 Å². The molecule has 3 rings (SSSR count). The molecule has 8 heteroatoms. The fraction of sp³-hybridized carbons (Fsp3) is 0.118. The van der Waals surface area contributed by atoms with Crippen molar-refractivity contribution >= 4 is 42.3 Å². The summed E-state index contributed by atoms with van der Waals surface area (Å²) in [6.45, 7) is 2.00. The predicted molar refractivity (Wildman–Crippen MR) is 102 cm³/mol. The van der Waals surface area contributed by atoms with Crippen LogP contribution in [0.25, 0.3) is 0 Å².